The molecule has 2 rings (SSSR count). The number of thiazole rings is 1. The van der Waals surface area contributed by atoms with E-state index in [-0.39, 0.29) is 5.91 Å². The molecule has 0 saturated carbocycles. The van der Waals surface area contributed by atoms with Crippen LogP contribution in [0.1, 0.15) is 17.1 Å². The second-order valence-electron chi connectivity index (χ2n) is 5.29. The number of rotatable bonds is 7. The number of nitrogens with two attached hydrogens (primary N) is 1. The van der Waals surface area contributed by atoms with Crippen LogP contribution < -0.4 is 16.0 Å². The van der Waals surface area contributed by atoms with Crippen LogP contribution in [0.2, 0.25) is 0 Å². The van der Waals surface area contributed by atoms with Gasteiger partial charge in [0.15, 0.2) is 0 Å². The van der Waals surface area contributed by atoms with Crippen molar-refractivity contribution in [1.29, 1.82) is 0 Å². The van der Waals surface area contributed by atoms with Crippen LogP contribution in [0.4, 0.5) is 11.4 Å². The zero-order valence-electron chi connectivity index (χ0n) is 13.0. The molecule has 0 aliphatic heterocycles. The minimum absolute atomic E-state index is 0.0495. The molecule has 22 heavy (non-hydrogen) atoms. The summed E-state index contributed by atoms with van der Waals surface area (Å²) < 4.78 is 0. The Morgan fingerprint density at radius 3 is 2.95 bits per heavy atom. The summed E-state index contributed by atoms with van der Waals surface area (Å²) in [6.45, 7) is 0.664. The van der Waals surface area contributed by atoms with Crippen molar-refractivity contribution in [1.82, 2.24) is 4.98 Å². The van der Waals surface area contributed by atoms with Crippen molar-refractivity contribution in [2.24, 2.45) is 5.73 Å². The molecule has 0 saturated heterocycles. The number of amides is 1. The molecule has 1 amide bonds. The van der Waals surface area contributed by atoms with E-state index in [1.165, 1.54) is 0 Å². The van der Waals surface area contributed by atoms with Crippen LogP contribution in [0.15, 0.2) is 29.6 Å². The zero-order chi connectivity index (χ0) is 15.9. The summed E-state index contributed by atoms with van der Waals surface area (Å²) in [7, 11) is 3.94. The molecule has 0 aliphatic rings. The summed E-state index contributed by atoms with van der Waals surface area (Å²) in [5.41, 5.74) is 8.16. The first-order valence-corrected chi connectivity index (χ1v) is 8.17. The molecule has 0 aliphatic carbocycles. The number of nitrogens with zero attached hydrogens (tertiary/aromatic N) is 2. The van der Waals surface area contributed by atoms with E-state index in [1.54, 1.807) is 11.3 Å². The van der Waals surface area contributed by atoms with E-state index in [4.69, 9.17) is 5.73 Å². The van der Waals surface area contributed by atoms with Gasteiger partial charge in [-0.05, 0) is 31.2 Å². The number of nitrogens with one attached hydrogen (secondary N) is 1. The van der Waals surface area contributed by atoms with E-state index in [2.05, 4.69) is 10.3 Å². The van der Waals surface area contributed by atoms with Crippen molar-refractivity contribution >= 4 is 28.6 Å². The van der Waals surface area contributed by atoms with Crippen molar-refractivity contribution in [3.05, 3.63) is 40.3 Å². The molecule has 0 spiro atoms. The number of hydrogen-bond acceptors (Lipinski definition) is 5. The Labute approximate surface area is 135 Å². The normalized spacial score (nSPS) is 10.5. The average Bonchev–Trinajstić information content (AvgIpc) is 2.92. The van der Waals surface area contributed by atoms with E-state index in [9.17, 15) is 4.79 Å². The maximum absolute atomic E-state index is 12.1. The fraction of sp³-hybridized carbons (Fsp3) is 0.375. The van der Waals surface area contributed by atoms with Crippen LogP contribution in [-0.2, 0) is 17.6 Å². The quantitative estimate of drug-likeness (QED) is 0.821. The minimum atomic E-state index is -0.0495. The van der Waals surface area contributed by atoms with Gasteiger partial charge in [-0.15, -0.1) is 11.3 Å². The van der Waals surface area contributed by atoms with Gasteiger partial charge in [-0.25, -0.2) is 4.98 Å². The van der Waals surface area contributed by atoms with Gasteiger partial charge >= 0.3 is 0 Å². The van der Waals surface area contributed by atoms with Gasteiger partial charge in [-0.3, -0.25) is 4.79 Å². The van der Waals surface area contributed by atoms with Crippen LogP contribution in [0.5, 0.6) is 0 Å². The van der Waals surface area contributed by atoms with Crippen molar-refractivity contribution in [2.75, 3.05) is 30.9 Å². The smallest absolute Gasteiger partial charge is 0.230 e. The predicted octanol–water partition coefficient (Wildman–Crippen LogP) is 2.28. The predicted molar refractivity (Wildman–Crippen MR) is 92.6 cm³/mol. The fourth-order valence-corrected chi connectivity index (χ4v) is 2.87. The molecular formula is C16H22N4OS. The highest BCUT2D eigenvalue weighted by molar-refractivity contribution is 7.09. The van der Waals surface area contributed by atoms with Gasteiger partial charge in [-0.1, -0.05) is 6.07 Å². The van der Waals surface area contributed by atoms with Crippen molar-refractivity contribution < 1.29 is 4.79 Å². The summed E-state index contributed by atoms with van der Waals surface area (Å²) in [5, 5.41) is 5.91. The number of benzene rings is 1. The van der Waals surface area contributed by atoms with Crippen molar-refractivity contribution in [3.63, 3.8) is 0 Å². The highest BCUT2D eigenvalue weighted by atomic mass is 32.1. The van der Waals surface area contributed by atoms with Crippen molar-refractivity contribution in [2.45, 2.75) is 19.3 Å². The Bertz CT molecular complexity index is 624. The van der Waals surface area contributed by atoms with Crippen LogP contribution in [-0.4, -0.2) is 31.5 Å². The fourth-order valence-electron chi connectivity index (χ4n) is 2.03. The maximum atomic E-state index is 12.1. The Balaban J connectivity index is 1.92. The summed E-state index contributed by atoms with van der Waals surface area (Å²) in [6.07, 6.45) is 2.11. The first-order chi connectivity index (χ1) is 10.6. The van der Waals surface area contributed by atoms with Gasteiger partial charge in [0.1, 0.15) is 0 Å². The summed E-state index contributed by atoms with van der Waals surface area (Å²) in [6, 6.07) is 7.77. The topological polar surface area (TPSA) is 71.2 Å². The molecule has 0 radical (unpaired) electrons. The molecule has 6 heteroatoms. The number of anilines is 2. The Hall–Kier alpha value is -1.92. The molecule has 1 aromatic heterocycles. The number of aryl methyl sites for hydroxylation is 1. The van der Waals surface area contributed by atoms with Gasteiger partial charge in [0.05, 0.1) is 17.1 Å². The second-order valence-corrected chi connectivity index (χ2v) is 6.24. The van der Waals surface area contributed by atoms with Crippen LogP contribution >= 0.6 is 11.3 Å². The molecule has 5 nitrogen and oxygen atoms in total. The third kappa shape index (κ3) is 4.82. The largest absolute Gasteiger partial charge is 0.378 e. The highest BCUT2D eigenvalue weighted by Crippen LogP contribution is 2.18. The maximum Gasteiger partial charge on any atom is 0.230 e. The lowest BCUT2D eigenvalue weighted by molar-refractivity contribution is -0.115. The van der Waals surface area contributed by atoms with Gasteiger partial charge in [0, 0.05) is 37.3 Å². The summed E-state index contributed by atoms with van der Waals surface area (Å²) in [4.78, 5) is 18.6. The van der Waals surface area contributed by atoms with Crippen molar-refractivity contribution in [3.8, 4) is 0 Å². The second kappa shape index (κ2) is 7.91. The van der Waals surface area contributed by atoms with Gasteiger partial charge < -0.3 is 16.0 Å². The highest BCUT2D eigenvalue weighted by Gasteiger charge is 2.08. The Kier molecular flexibility index (Phi) is 5.91. The van der Waals surface area contributed by atoms with E-state index in [0.29, 0.717) is 13.0 Å². The third-order valence-electron chi connectivity index (χ3n) is 3.18. The zero-order valence-corrected chi connectivity index (χ0v) is 13.8. The molecular weight excluding hydrogens is 296 g/mol. The van der Waals surface area contributed by atoms with E-state index in [0.717, 1.165) is 34.9 Å². The van der Waals surface area contributed by atoms with E-state index < -0.39 is 0 Å². The molecule has 3 N–H and O–H groups in total. The monoisotopic (exact) mass is 318 g/mol. The molecule has 0 bridgehead atoms. The Morgan fingerprint density at radius 2 is 2.23 bits per heavy atom. The molecule has 2 aromatic rings. The molecule has 0 atom stereocenters. The third-order valence-corrected chi connectivity index (χ3v) is 4.14. The first kappa shape index (κ1) is 16.5. The number of aromatic nitrogens is 1. The molecule has 0 fully saturated rings. The van der Waals surface area contributed by atoms with E-state index >= 15 is 0 Å². The summed E-state index contributed by atoms with van der Waals surface area (Å²) in [5.74, 6) is -0.0495. The minimum Gasteiger partial charge on any atom is -0.378 e. The molecule has 1 heterocycles. The van der Waals surface area contributed by atoms with E-state index in [1.807, 2.05) is 48.6 Å². The number of carbonyl (C=O) groups is 1. The number of hydrogen-bond donors (Lipinski definition) is 2. The van der Waals surface area contributed by atoms with Crippen LogP contribution in [0.3, 0.4) is 0 Å². The average molecular weight is 318 g/mol. The Morgan fingerprint density at radius 1 is 1.41 bits per heavy atom. The summed E-state index contributed by atoms with van der Waals surface area (Å²) >= 11 is 1.59. The van der Waals surface area contributed by atoms with Gasteiger partial charge in [0.2, 0.25) is 5.91 Å². The van der Waals surface area contributed by atoms with Gasteiger partial charge in [-0.2, -0.15) is 0 Å². The SMILES string of the molecule is CN(C)c1cccc(NC(=O)Cc2csc(CCCN)n2)c1. The standard InChI is InChI=1S/C16H22N4OS/c1-20(2)14-6-3-5-12(9-14)18-15(21)10-13-11-22-16(19-13)7-4-8-17/h3,5-6,9,11H,4,7-8,10,17H2,1-2H3,(H,18,21). The van der Waals surface area contributed by atoms with Gasteiger partial charge in [0.25, 0.3) is 0 Å². The molecule has 0 unspecified atom stereocenters. The lowest BCUT2D eigenvalue weighted by Crippen LogP contribution is -2.15. The molecule has 1 aromatic carbocycles. The van der Waals surface area contributed by atoms with Crippen LogP contribution in [0.25, 0.3) is 0 Å². The number of carbonyl (C=O) groups excluding carboxylic acids is 1. The lowest BCUT2D eigenvalue weighted by Gasteiger charge is -2.13. The first-order valence-electron chi connectivity index (χ1n) is 7.29. The van der Waals surface area contributed by atoms with Crippen LogP contribution in [0, 0.1) is 0 Å². The molecule has 118 valence electrons. The lowest BCUT2D eigenvalue weighted by atomic mass is 10.2.